The van der Waals surface area contributed by atoms with Crippen molar-refractivity contribution in [3.63, 3.8) is 0 Å². The van der Waals surface area contributed by atoms with E-state index in [1.54, 1.807) is 41.5 Å². The van der Waals surface area contributed by atoms with E-state index in [-0.39, 0.29) is 0 Å². The van der Waals surface area contributed by atoms with Gasteiger partial charge in [-0.15, -0.1) is 0 Å². The van der Waals surface area contributed by atoms with Crippen molar-refractivity contribution < 1.29 is 29.3 Å². The summed E-state index contributed by atoms with van der Waals surface area (Å²) >= 11 is 0. The van der Waals surface area contributed by atoms with E-state index >= 15 is 0 Å². The number of hydrogen-bond donors (Lipinski definition) is 4. The van der Waals surface area contributed by atoms with Gasteiger partial charge < -0.3 is 30.3 Å². The Balaban J connectivity index is 2.18. The van der Waals surface area contributed by atoms with Crippen LogP contribution in [0.4, 0.5) is 9.59 Å². The average Bonchev–Trinajstić information content (AvgIpc) is 2.76. The van der Waals surface area contributed by atoms with Gasteiger partial charge in [-0.3, -0.25) is 0 Å². The Bertz CT molecular complexity index is 617. The number of amides is 2. The molecular weight excluding hydrogens is 460 g/mol. The predicted molar refractivity (Wildman–Crippen MR) is 141 cm³/mol. The maximum absolute atomic E-state index is 12.6. The first-order chi connectivity index (χ1) is 16.7. The molecule has 0 aromatic heterocycles. The van der Waals surface area contributed by atoms with Crippen LogP contribution in [0, 0.1) is 11.8 Å². The highest BCUT2D eigenvalue weighted by Gasteiger charge is 2.38. The molecule has 2 rings (SSSR count). The number of aliphatic hydroxyl groups is 2. The largest absolute Gasteiger partial charge is 0.444 e. The first-order valence-corrected chi connectivity index (χ1v) is 14.1. The Morgan fingerprint density at radius 1 is 0.667 bits per heavy atom. The van der Waals surface area contributed by atoms with Gasteiger partial charge in [0.15, 0.2) is 0 Å². The quantitative estimate of drug-likeness (QED) is 0.327. The third-order valence-electron chi connectivity index (χ3n) is 7.20. The predicted octanol–water partition coefficient (Wildman–Crippen LogP) is 5.44. The molecule has 0 spiro atoms. The van der Waals surface area contributed by atoms with Crippen LogP contribution >= 0.6 is 0 Å². The SMILES string of the molecule is CC(C)(C)OC(=O)N[C@@H](CC1CCCCC1)[C@@H](O)[C@H](O)[C@H](CC1CCCCC1)NC(=O)OC(C)(C)C. The first-order valence-electron chi connectivity index (χ1n) is 14.1. The number of hydrogen-bond acceptors (Lipinski definition) is 6. The van der Waals surface area contributed by atoms with E-state index in [0.717, 1.165) is 51.4 Å². The fraction of sp³-hybridized carbons (Fsp3) is 0.929. The minimum absolute atomic E-state index is 0.358. The molecule has 0 saturated heterocycles. The van der Waals surface area contributed by atoms with Gasteiger partial charge in [0, 0.05) is 0 Å². The highest BCUT2D eigenvalue weighted by molar-refractivity contribution is 5.68. The van der Waals surface area contributed by atoms with Crippen molar-refractivity contribution in [3.8, 4) is 0 Å². The Hall–Kier alpha value is -1.54. The highest BCUT2D eigenvalue weighted by Crippen LogP contribution is 2.31. The van der Waals surface area contributed by atoms with Gasteiger partial charge in [-0.25, -0.2) is 9.59 Å². The van der Waals surface area contributed by atoms with Gasteiger partial charge in [0.1, 0.15) is 23.4 Å². The van der Waals surface area contributed by atoms with E-state index in [0.29, 0.717) is 24.7 Å². The van der Waals surface area contributed by atoms with Crippen LogP contribution in [-0.4, -0.2) is 57.9 Å². The molecule has 4 N–H and O–H groups in total. The second kappa shape index (κ2) is 13.8. The van der Waals surface area contributed by atoms with Gasteiger partial charge in [0.2, 0.25) is 0 Å². The van der Waals surface area contributed by atoms with Crippen molar-refractivity contribution in [3.05, 3.63) is 0 Å². The average molecular weight is 513 g/mol. The van der Waals surface area contributed by atoms with Gasteiger partial charge in [-0.2, -0.15) is 0 Å². The zero-order valence-electron chi connectivity index (χ0n) is 23.5. The fourth-order valence-electron chi connectivity index (χ4n) is 5.53. The molecule has 0 aromatic carbocycles. The van der Waals surface area contributed by atoms with Gasteiger partial charge in [-0.1, -0.05) is 64.2 Å². The number of nitrogens with one attached hydrogen (secondary N) is 2. The minimum Gasteiger partial charge on any atom is -0.444 e. The second-order valence-electron chi connectivity index (χ2n) is 13.0. The minimum atomic E-state index is -1.26. The first kappa shape index (κ1) is 30.7. The molecule has 8 nitrogen and oxygen atoms in total. The molecule has 2 aliphatic carbocycles. The van der Waals surface area contributed by atoms with Crippen LogP contribution in [0.2, 0.25) is 0 Å². The molecular formula is C28H52N2O6. The van der Waals surface area contributed by atoms with Crippen LogP contribution in [0.5, 0.6) is 0 Å². The molecule has 8 heteroatoms. The fourth-order valence-corrected chi connectivity index (χ4v) is 5.53. The van der Waals surface area contributed by atoms with Crippen LogP contribution in [-0.2, 0) is 9.47 Å². The van der Waals surface area contributed by atoms with E-state index in [2.05, 4.69) is 10.6 Å². The lowest BCUT2D eigenvalue weighted by Gasteiger charge is -2.37. The summed E-state index contributed by atoms with van der Waals surface area (Å²) in [4.78, 5) is 25.3. The third-order valence-corrected chi connectivity index (χ3v) is 7.20. The molecule has 0 bridgehead atoms. The highest BCUT2D eigenvalue weighted by atomic mass is 16.6. The number of ether oxygens (including phenoxy) is 2. The molecule has 2 saturated carbocycles. The Kier molecular flexibility index (Phi) is 11.8. The van der Waals surface area contributed by atoms with Crippen LogP contribution in [0.25, 0.3) is 0 Å². The van der Waals surface area contributed by atoms with Gasteiger partial charge in [-0.05, 0) is 66.2 Å². The molecule has 2 amide bonds. The molecule has 0 radical (unpaired) electrons. The number of aliphatic hydroxyl groups excluding tert-OH is 2. The number of carbonyl (C=O) groups is 2. The number of rotatable bonds is 9. The van der Waals surface area contributed by atoms with Crippen molar-refractivity contribution in [2.24, 2.45) is 11.8 Å². The summed E-state index contributed by atoms with van der Waals surface area (Å²) < 4.78 is 10.9. The topological polar surface area (TPSA) is 117 Å². The van der Waals surface area contributed by atoms with E-state index in [1.165, 1.54) is 12.8 Å². The van der Waals surface area contributed by atoms with Gasteiger partial charge in [0.25, 0.3) is 0 Å². The Labute approximate surface area is 218 Å². The zero-order chi connectivity index (χ0) is 26.9. The zero-order valence-corrected chi connectivity index (χ0v) is 23.5. The molecule has 0 heterocycles. The lowest BCUT2D eigenvalue weighted by Crippen LogP contribution is -2.57. The normalized spacial score (nSPS) is 21.7. The number of alkyl carbamates (subject to hydrolysis) is 2. The van der Waals surface area contributed by atoms with Crippen LogP contribution < -0.4 is 10.6 Å². The lowest BCUT2D eigenvalue weighted by atomic mass is 9.80. The monoisotopic (exact) mass is 512 g/mol. The standard InChI is InChI=1S/C28H52N2O6/c1-27(2,3)35-25(33)29-21(17-19-13-9-7-10-14-19)23(31)24(32)22(18-20-15-11-8-12-16-20)30-26(34)36-28(4,5)6/h19-24,31-32H,7-18H2,1-6H3,(H,29,33)(H,30,34)/t21-,22-,23+,24+/m0/s1. The van der Waals surface area contributed by atoms with Crippen molar-refractivity contribution in [1.29, 1.82) is 0 Å². The van der Waals surface area contributed by atoms with Crippen LogP contribution in [0.15, 0.2) is 0 Å². The summed E-state index contributed by atoms with van der Waals surface area (Å²) in [6, 6.07) is -1.38. The molecule has 2 aliphatic rings. The van der Waals surface area contributed by atoms with Crippen molar-refractivity contribution in [2.75, 3.05) is 0 Å². The second-order valence-corrected chi connectivity index (χ2v) is 13.0. The lowest BCUT2D eigenvalue weighted by molar-refractivity contribution is -0.0384. The number of carbonyl (C=O) groups excluding carboxylic acids is 2. The van der Waals surface area contributed by atoms with Crippen molar-refractivity contribution in [2.45, 2.75) is 154 Å². The van der Waals surface area contributed by atoms with E-state index in [9.17, 15) is 19.8 Å². The summed E-state index contributed by atoms with van der Waals surface area (Å²) in [5, 5.41) is 28.4. The van der Waals surface area contributed by atoms with Crippen LogP contribution in [0.1, 0.15) is 119 Å². The van der Waals surface area contributed by atoms with E-state index in [1.807, 2.05) is 0 Å². The summed E-state index contributed by atoms with van der Waals surface area (Å²) in [5.41, 5.74) is -1.35. The van der Waals surface area contributed by atoms with E-state index in [4.69, 9.17) is 9.47 Å². The third kappa shape index (κ3) is 11.7. The summed E-state index contributed by atoms with van der Waals surface area (Å²) in [6.07, 6.45) is 8.45. The smallest absolute Gasteiger partial charge is 0.407 e. The van der Waals surface area contributed by atoms with Gasteiger partial charge in [0.05, 0.1) is 12.1 Å². The van der Waals surface area contributed by atoms with Gasteiger partial charge >= 0.3 is 12.2 Å². The molecule has 0 aliphatic heterocycles. The Morgan fingerprint density at radius 3 is 1.25 bits per heavy atom. The molecule has 2 fully saturated rings. The van der Waals surface area contributed by atoms with Crippen molar-refractivity contribution >= 4 is 12.2 Å². The summed E-state index contributed by atoms with van der Waals surface area (Å²) in [5.74, 6) is 0.715. The maximum atomic E-state index is 12.6. The molecule has 0 aromatic rings. The molecule has 36 heavy (non-hydrogen) atoms. The van der Waals surface area contributed by atoms with Crippen LogP contribution in [0.3, 0.4) is 0 Å². The Morgan fingerprint density at radius 2 is 0.972 bits per heavy atom. The summed E-state index contributed by atoms with van der Waals surface area (Å²) in [7, 11) is 0. The van der Waals surface area contributed by atoms with E-state index < -0.39 is 47.7 Å². The summed E-state index contributed by atoms with van der Waals surface area (Å²) in [6.45, 7) is 10.7. The molecule has 4 atom stereocenters. The molecule has 0 unspecified atom stereocenters. The van der Waals surface area contributed by atoms with Crippen molar-refractivity contribution in [1.82, 2.24) is 10.6 Å². The molecule has 210 valence electrons. The maximum Gasteiger partial charge on any atom is 0.407 e.